The summed E-state index contributed by atoms with van der Waals surface area (Å²) in [5.41, 5.74) is 1.76. The van der Waals surface area contributed by atoms with E-state index in [0.717, 1.165) is 16.6 Å². The van der Waals surface area contributed by atoms with E-state index in [4.69, 9.17) is 0 Å². The van der Waals surface area contributed by atoms with Gasteiger partial charge in [0.15, 0.2) is 0 Å². The molecule has 0 fully saturated rings. The molecule has 1 aromatic carbocycles. The first kappa shape index (κ1) is 13.4. The minimum absolute atomic E-state index is 0. The van der Waals surface area contributed by atoms with Crippen molar-refractivity contribution < 1.29 is 21.3 Å². The highest BCUT2D eigenvalue weighted by Crippen LogP contribution is 2.12. The third-order valence-corrected chi connectivity index (χ3v) is 1.89. The Labute approximate surface area is 91.5 Å². The maximum absolute atomic E-state index is 13.1. The second-order valence-electron chi connectivity index (χ2n) is 4.53. The third kappa shape index (κ3) is 4.07. The number of benzene rings is 1. The molecule has 1 rings (SSSR count). The number of quaternary nitrogens is 1. The van der Waals surface area contributed by atoms with Crippen LogP contribution in [0.4, 0.5) is 4.39 Å². The summed E-state index contributed by atoms with van der Waals surface area (Å²) in [5.74, 6) is -0.106. The second kappa shape index (κ2) is 4.76. The molecule has 0 radical (unpaired) electrons. The van der Waals surface area contributed by atoms with Crippen LogP contribution in [0.25, 0.3) is 0 Å². The molecule has 0 unspecified atom stereocenters. The molecular weight excluding hydrogens is 201 g/mol. The first-order valence-corrected chi connectivity index (χ1v) is 4.44. The summed E-state index contributed by atoms with van der Waals surface area (Å²) >= 11 is 0. The topological polar surface area (TPSA) is 0 Å². The Morgan fingerprint density at radius 1 is 1.21 bits per heavy atom. The monoisotopic (exact) mass is 217 g/mol. The van der Waals surface area contributed by atoms with Gasteiger partial charge in [0.05, 0.1) is 21.1 Å². The number of nitrogens with zero attached hydrogens (tertiary/aromatic N) is 1. The maximum Gasteiger partial charge on any atom is 0.126 e. The van der Waals surface area contributed by atoms with Gasteiger partial charge in [0.25, 0.3) is 0 Å². The van der Waals surface area contributed by atoms with Gasteiger partial charge in [0.1, 0.15) is 12.4 Å². The summed E-state index contributed by atoms with van der Waals surface area (Å²) in [6.07, 6.45) is 0. The van der Waals surface area contributed by atoms with Crippen LogP contribution in [0.15, 0.2) is 18.2 Å². The Kier molecular flexibility index (Phi) is 4.56. The highest BCUT2D eigenvalue weighted by atomic mass is 35.5. The van der Waals surface area contributed by atoms with E-state index in [0.29, 0.717) is 5.56 Å². The fraction of sp³-hybridized carbons (Fsp3) is 0.455. The molecule has 0 N–H and O–H groups in total. The van der Waals surface area contributed by atoms with Crippen molar-refractivity contribution in [2.45, 2.75) is 13.5 Å². The van der Waals surface area contributed by atoms with Gasteiger partial charge in [-0.15, -0.1) is 0 Å². The number of hydrogen-bond donors (Lipinski definition) is 0. The Hall–Kier alpha value is -0.600. The largest absolute Gasteiger partial charge is 1.00 e. The normalized spacial score (nSPS) is 10.9. The molecule has 0 saturated heterocycles. The molecular formula is C11H17ClFN. The fourth-order valence-electron chi connectivity index (χ4n) is 1.28. The molecule has 0 aliphatic heterocycles. The van der Waals surface area contributed by atoms with Gasteiger partial charge in [0, 0.05) is 5.56 Å². The van der Waals surface area contributed by atoms with Gasteiger partial charge < -0.3 is 16.9 Å². The lowest BCUT2D eigenvalue weighted by Gasteiger charge is -2.23. The fourth-order valence-corrected chi connectivity index (χ4v) is 1.28. The van der Waals surface area contributed by atoms with Crippen molar-refractivity contribution in [1.29, 1.82) is 0 Å². The zero-order valence-corrected chi connectivity index (χ0v) is 9.90. The summed E-state index contributed by atoms with van der Waals surface area (Å²) < 4.78 is 14.0. The molecule has 0 aliphatic carbocycles. The lowest BCUT2D eigenvalue weighted by atomic mass is 10.1. The Morgan fingerprint density at radius 3 is 2.21 bits per heavy atom. The van der Waals surface area contributed by atoms with E-state index in [2.05, 4.69) is 21.1 Å². The van der Waals surface area contributed by atoms with Crippen molar-refractivity contribution in [3.63, 3.8) is 0 Å². The van der Waals surface area contributed by atoms with Crippen molar-refractivity contribution in [1.82, 2.24) is 0 Å². The van der Waals surface area contributed by atoms with Crippen LogP contribution in [0, 0.1) is 12.7 Å². The van der Waals surface area contributed by atoms with Crippen molar-refractivity contribution in [2.24, 2.45) is 0 Å². The predicted octanol–water partition coefficient (Wildman–Crippen LogP) is -0.656. The van der Waals surface area contributed by atoms with Gasteiger partial charge in [-0.2, -0.15) is 0 Å². The zero-order valence-electron chi connectivity index (χ0n) is 9.14. The molecule has 0 aromatic heterocycles. The zero-order chi connectivity index (χ0) is 10.1. The highest BCUT2D eigenvalue weighted by Gasteiger charge is 2.09. The van der Waals surface area contributed by atoms with E-state index in [1.54, 1.807) is 13.0 Å². The van der Waals surface area contributed by atoms with Gasteiger partial charge in [-0.3, -0.25) is 0 Å². The molecule has 14 heavy (non-hydrogen) atoms. The molecule has 1 nitrogen and oxygen atoms in total. The van der Waals surface area contributed by atoms with E-state index in [-0.39, 0.29) is 18.2 Å². The van der Waals surface area contributed by atoms with Crippen molar-refractivity contribution in [2.75, 3.05) is 21.1 Å². The van der Waals surface area contributed by atoms with Gasteiger partial charge >= 0.3 is 0 Å². The number of rotatable bonds is 2. The molecule has 80 valence electrons. The number of aryl methyl sites for hydroxylation is 1. The van der Waals surface area contributed by atoms with Crippen LogP contribution in [0.2, 0.25) is 0 Å². The lowest BCUT2D eigenvalue weighted by Crippen LogP contribution is -3.00. The standard InChI is InChI=1S/C11H17FN.ClH/c1-9-5-6-10(7-11(9)12)8-13(2,3)4;/h5-7H,8H2,1-4H3;1H/q+1;/p-1. The number of hydrogen-bond acceptors (Lipinski definition) is 0. The van der Waals surface area contributed by atoms with Crippen LogP contribution < -0.4 is 12.4 Å². The summed E-state index contributed by atoms with van der Waals surface area (Å²) in [4.78, 5) is 0. The van der Waals surface area contributed by atoms with Crippen LogP contribution in [0.1, 0.15) is 11.1 Å². The highest BCUT2D eigenvalue weighted by molar-refractivity contribution is 5.22. The lowest BCUT2D eigenvalue weighted by molar-refractivity contribution is -0.884. The van der Waals surface area contributed by atoms with Crippen LogP contribution in [0.3, 0.4) is 0 Å². The van der Waals surface area contributed by atoms with E-state index in [1.165, 1.54) is 0 Å². The maximum atomic E-state index is 13.1. The second-order valence-corrected chi connectivity index (χ2v) is 4.53. The summed E-state index contributed by atoms with van der Waals surface area (Å²) in [7, 11) is 6.29. The first-order chi connectivity index (χ1) is 5.88. The average Bonchev–Trinajstić information content (AvgIpc) is 1.94. The van der Waals surface area contributed by atoms with Crippen LogP contribution >= 0.6 is 0 Å². The molecule has 0 spiro atoms. The van der Waals surface area contributed by atoms with Gasteiger partial charge in [-0.05, 0) is 18.6 Å². The molecule has 0 atom stereocenters. The third-order valence-electron chi connectivity index (χ3n) is 1.89. The Bertz CT molecular complexity index is 305. The van der Waals surface area contributed by atoms with Crippen molar-refractivity contribution in [3.05, 3.63) is 35.1 Å². The summed E-state index contributed by atoms with van der Waals surface area (Å²) in [6, 6.07) is 5.45. The van der Waals surface area contributed by atoms with E-state index >= 15 is 0 Å². The predicted molar refractivity (Wildman–Crippen MR) is 52.9 cm³/mol. The van der Waals surface area contributed by atoms with Crippen LogP contribution in [0.5, 0.6) is 0 Å². The Morgan fingerprint density at radius 2 is 1.79 bits per heavy atom. The molecule has 0 heterocycles. The SMILES string of the molecule is Cc1ccc(C[N+](C)(C)C)cc1F.[Cl-]. The molecule has 0 saturated carbocycles. The summed E-state index contributed by atoms with van der Waals surface area (Å²) in [6.45, 7) is 2.64. The van der Waals surface area contributed by atoms with E-state index in [1.807, 2.05) is 12.1 Å². The Balaban J connectivity index is 0.00000169. The van der Waals surface area contributed by atoms with Crippen LogP contribution in [-0.4, -0.2) is 25.6 Å². The first-order valence-electron chi connectivity index (χ1n) is 4.44. The number of halogens is 2. The molecule has 0 bridgehead atoms. The van der Waals surface area contributed by atoms with Gasteiger partial charge in [-0.1, -0.05) is 12.1 Å². The van der Waals surface area contributed by atoms with E-state index < -0.39 is 0 Å². The smallest absolute Gasteiger partial charge is 0.126 e. The van der Waals surface area contributed by atoms with Crippen molar-refractivity contribution in [3.8, 4) is 0 Å². The summed E-state index contributed by atoms with van der Waals surface area (Å²) in [5, 5.41) is 0. The molecule has 1 aromatic rings. The molecule has 0 amide bonds. The van der Waals surface area contributed by atoms with Crippen molar-refractivity contribution >= 4 is 0 Å². The van der Waals surface area contributed by atoms with Gasteiger partial charge in [0.2, 0.25) is 0 Å². The van der Waals surface area contributed by atoms with Gasteiger partial charge in [-0.25, -0.2) is 4.39 Å². The quantitative estimate of drug-likeness (QED) is 0.578. The minimum Gasteiger partial charge on any atom is -1.00 e. The molecule has 3 heteroatoms. The minimum atomic E-state index is -0.106. The average molecular weight is 218 g/mol. The van der Waals surface area contributed by atoms with Crippen LogP contribution in [-0.2, 0) is 6.54 Å². The molecule has 0 aliphatic rings. The van der Waals surface area contributed by atoms with E-state index in [9.17, 15) is 4.39 Å².